The second-order valence-corrected chi connectivity index (χ2v) is 7.52. The third-order valence-electron chi connectivity index (χ3n) is 4.85. The average molecular weight is 477 g/mol. The molecule has 0 aliphatic carbocycles. The zero-order chi connectivity index (χ0) is 25.2. The summed E-state index contributed by atoms with van der Waals surface area (Å²) in [6, 6.07) is 18.6. The van der Waals surface area contributed by atoms with E-state index in [0.29, 0.717) is 36.0 Å². The number of benzene rings is 3. The molecular formula is C27H28N2O6. The van der Waals surface area contributed by atoms with Crippen LogP contribution in [-0.4, -0.2) is 37.6 Å². The average Bonchev–Trinajstić information content (AvgIpc) is 2.85. The van der Waals surface area contributed by atoms with Crippen LogP contribution < -0.4 is 20.1 Å². The quantitative estimate of drug-likeness (QED) is 0.406. The number of anilines is 2. The van der Waals surface area contributed by atoms with Crippen LogP contribution >= 0.6 is 0 Å². The number of hydrogen-bond acceptors (Lipinski definition) is 6. The third kappa shape index (κ3) is 7.07. The number of esters is 1. The van der Waals surface area contributed by atoms with E-state index in [1.54, 1.807) is 54.6 Å². The van der Waals surface area contributed by atoms with Crippen molar-refractivity contribution in [1.82, 2.24) is 0 Å². The summed E-state index contributed by atoms with van der Waals surface area (Å²) in [7, 11) is 0. The van der Waals surface area contributed by atoms with Crippen LogP contribution in [0.3, 0.4) is 0 Å². The Kier molecular flexibility index (Phi) is 8.83. The number of rotatable bonds is 10. The van der Waals surface area contributed by atoms with Gasteiger partial charge >= 0.3 is 5.97 Å². The maximum atomic E-state index is 12.7. The van der Waals surface area contributed by atoms with Crippen LogP contribution in [0.15, 0.2) is 66.7 Å². The lowest BCUT2D eigenvalue weighted by Gasteiger charge is -2.14. The second kappa shape index (κ2) is 12.2. The van der Waals surface area contributed by atoms with Crippen molar-refractivity contribution in [2.45, 2.75) is 20.8 Å². The minimum Gasteiger partial charge on any atom is -0.494 e. The molecule has 2 N–H and O–H groups in total. The van der Waals surface area contributed by atoms with Gasteiger partial charge in [-0.25, -0.2) is 4.79 Å². The van der Waals surface area contributed by atoms with Crippen molar-refractivity contribution >= 4 is 29.2 Å². The van der Waals surface area contributed by atoms with Gasteiger partial charge in [-0.3, -0.25) is 9.59 Å². The summed E-state index contributed by atoms with van der Waals surface area (Å²) in [5, 5.41) is 5.42. The van der Waals surface area contributed by atoms with Gasteiger partial charge in [-0.15, -0.1) is 0 Å². The zero-order valence-electron chi connectivity index (χ0n) is 19.9. The Morgan fingerprint density at radius 3 is 2.31 bits per heavy atom. The summed E-state index contributed by atoms with van der Waals surface area (Å²) in [5.74, 6) is -0.603. The summed E-state index contributed by atoms with van der Waals surface area (Å²) in [4.78, 5) is 37.8. The lowest BCUT2D eigenvalue weighted by molar-refractivity contribution is -0.119. The van der Waals surface area contributed by atoms with Crippen molar-refractivity contribution in [1.29, 1.82) is 0 Å². The molecule has 0 heterocycles. The lowest BCUT2D eigenvalue weighted by Crippen LogP contribution is -2.22. The molecule has 0 bridgehead atoms. The van der Waals surface area contributed by atoms with Gasteiger partial charge in [0.25, 0.3) is 11.8 Å². The second-order valence-electron chi connectivity index (χ2n) is 7.52. The maximum absolute atomic E-state index is 12.7. The molecule has 0 fully saturated rings. The van der Waals surface area contributed by atoms with Gasteiger partial charge in [0.15, 0.2) is 6.61 Å². The van der Waals surface area contributed by atoms with Crippen LogP contribution in [0.1, 0.15) is 40.1 Å². The van der Waals surface area contributed by atoms with E-state index in [1.807, 2.05) is 26.8 Å². The summed E-state index contributed by atoms with van der Waals surface area (Å²) < 4.78 is 16.2. The Morgan fingerprint density at radius 2 is 1.57 bits per heavy atom. The first-order valence-electron chi connectivity index (χ1n) is 11.2. The number of nitrogens with one attached hydrogen (secondary N) is 2. The molecule has 0 saturated carbocycles. The number of carbonyl (C=O) groups is 3. The number of hydrogen-bond donors (Lipinski definition) is 2. The minimum atomic E-state index is -0.742. The van der Waals surface area contributed by atoms with Gasteiger partial charge in [0.05, 0.1) is 30.2 Å². The Labute approximate surface area is 204 Å². The molecule has 0 aliphatic heterocycles. The molecule has 0 aliphatic rings. The van der Waals surface area contributed by atoms with E-state index in [1.165, 1.54) is 6.07 Å². The van der Waals surface area contributed by atoms with Gasteiger partial charge in [0, 0.05) is 11.6 Å². The predicted octanol–water partition coefficient (Wildman–Crippen LogP) is 4.84. The largest absolute Gasteiger partial charge is 0.494 e. The van der Waals surface area contributed by atoms with Gasteiger partial charge in [-0.2, -0.15) is 0 Å². The molecule has 3 aromatic rings. The fraction of sp³-hybridized carbons (Fsp3) is 0.222. The fourth-order valence-electron chi connectivity index (χ4n) is 3.29. The number of ether oxygens (including phenoxy) is 3. The first kappa shape index (κ1) is 25.3. The van der Waals surface area contributed by atoms with Crippen LogP contribution in [0.2, 0.25) is 0 Å². The van der Waals surface area contributed by atoms with Crippen LogP contribution in [0.4, 0.5) is 11.4 Å². The highest BCUT2D eigenvalue weighted by atomic mass is 16.5. The molecule has 35 heavy (non-hydrogen) atoms. The van der Waals surface area contributed by atoms with E-state index in [0.717, 1.165) is 5.56 Å². The highest BCUT2D eigenvalue weighted by molar-refractivity contribution is 6.08. The molecule has 0 spiro atoms. The van der Waals surface area contributed by atoms with Crippen molar-refractivity contribution in [2.24, 2.45) is 0 Å². The maximum Gasteiger partial charge on any atom is 0.340 e. The summed E-state index contributed by atoms with van der Waals surface area (Å²) in [6.07, 6.45) is 0. The van der Waals surface area contributed by atoms with E-state index < -0.39 is 18.5 Å². The number of para-hydroxylation sites is 1. The van der Waals surface area contributed by atoms with Gasteiger partial charge < -0.3 is 24.8 Å². The van der Waals surface area contributed by atoms with Gasteiger partial charge in [-0.1, -0.05) is 29.8 Å². The zero-order valence-corrected chi connectivity index (χ0v) is 19.9. The third-order valence-corrected chi connectivity index (χ3v) is 4.85. The number of carbonyl (C=O) groups excluding carboxylic acids is 3. The van der Waals surface area contributed by atoms with Crippen molar-refractivity contribution in [3.63, 3.8) is 0 Å². The molecule has 0 radical (unpaired) electrons. The van der Waals surface area contributed by atoms with E-state index in [2.05, 4.69) is 10.6 Å². The molecule has 3 rings (SSSR count). The molecule has 0 unspecified atom stereocenters. The fourth-order valence-corrected chi connectivity index (χ4v) is 3.29. The van der Waals surface area contributed by atoms with Crippen LogP contribution in [-0.2, 0) is 9.53 Å². The van der Waals surface area contributed by atoms with Gasteiger partial charge in [0.2, 0.25) is 0 Å². The van der Waals surface area contributed by atoms with E-state index in [9.17, 15) is 14.4 Å². The molecule has 0 aromatic heterocycles. The normalized spacial score (nSPS) is 10.3. The minimum absolute atomic E-state index is 0.134. The SMILES string of the molecule is CCOc1ccc(OCC)c(NC(=O)COC(=O)c2ccccc2NC(=O)c2cccc(C)c2)c1. The standard InChI is InChI=1S/C27H28N2O6/c1-4-33-20-13-14-24(34-5-2)23(16-20)28-25(30)17-35-27(32)21-11-6-7-12-22(21)29-26(31)19-10-8-9-18(3)15-19/h6-16H,4-5,17H2,1-3H3,(H,28,30)(H,29,31). The molecular weight excluding hydrogens is 448 g/mol. The Bertz CT molecular complexity index is 1210. The number of aryl methyl sites for hydroxylation is 1. The van der Waals surface area contributed by atoms with E-state index in [-0.39, 0.29) is 17.2 Å². The predicted molar refractivity (Wildman–Crippen MR) is 133 cm³/mol. The van der Waals surface area contributed by atoms with Crippen LogP contribution in [0.25, 0.3) is 0 Å². The van der Waals surface area contributed by atoms with E-state index in [4.69, 9.17) is 14.2 Å². The monoisotopic (exact) mass is 476 g/mol. The lowest BCUT2D eigenvalue weighted by atomic mass is 10.1. The van der Waals surface area contributed by atoms with Crippen molar-refractivity contribution in [3.05, 3.63) is 83.4 Å². The van der Waals surface area contributed by atoms with Crippen LogP contribution in [0.5, 0.6) is 11.5 Å². The summed E-state index contributed by atoms with van der Waals surface area (Å²) in [6.45, 7) is 5.94. The molecule has 0 saturated heterocycles. The number of amides is 2. The molecule has 8 nitrogen and oxygen atoms in total. The molecule has 8 heteroatoms. The topological polar surface area (TPSA) is 103 Å². The van der Waals surface area contributed by atoms with Crippen molar-refractivity contribution in [2.75, 3.05) is 30.5 Å². The van der Waals surface area contributed by atoms with E-state index >= 15 is 0 Å². The van der Waals surface area contributed by atoms with Gasteiger partial charge in [-0.05, 0) is 57.2 Å². The summed E-state index contributed by atoms with van der Waals surface area (Å²) in [5.41, 5.74) is 2.23. The molecule has 0 atom stereocenters. The highest BCUT2D eigenvalue weighted by Gasteiger charge is 2.17. The summed E-state index contributed by atoms with van der Waals surface area (Å²) >= 11 is 0. The van der Waals surface area contributed by atoms with Crippen molar-refractivity contribution in [3.8, 4) is 11.5 Å². The Balaban J connectivity index is 1.65. The molecule has 2 amide bonds. The molecule has 182 valence electrons. The van der Waals surface area contributed by atoms with Crippen LogP contribution in [0, 0.1) is 6.92 Å². The first-order valence-corrected chi connectivity index (χ1v) is 11.2. The Morgan fingerprint density at radius 1 is 0.800 bits per heavy atom. The van der Waals surface area contributed by atoms with Crippen molar-refractivity contribution < 1.29 is 28.6 Å². The molecule has 3 aromatic carbocycles. The smallest absolute Gasteiger partial charge is 0.340 e. The van der Waals surface area contributed by atoms with Gasteiger partial charge in [0.1, 0.15) is 11.5 Å². The highest BCUT2D eigenvalue weighted by Crippen LogP contribution is 2.29. The Hall–Kier alpha value is -4.33. The first-order chi connectivity index (χ1) is 16.9.